The van der Waals surface area contributed by atoms with Gasteiger partial charge in [-0.15, -0.1) is 0 Å². The lowest BCUT2D eigenvalue weighted by Gasteiger charge is -2.37. The topological polar surface area (TPSA) is 52.7 Å². The highest BCUT2D eigenvalue weighted by Gasteiger charge is 2.31. The van der Waals surface area contributed by atoms with Gasteiger partial charge in [0.15, 0.2) is 0 Å². The Bertz CT molecular complexity index is 932. The van der Waals surface area contributed by atoms with Gasteiger partial charge >= 0.3 is 6.18 Å². The summed E-state index contributed by atoms with van der Waals surface area (Å²) in [6.45, 7) is 6.86. The number of nitrogens with zero attached hydrogens (tertiary/aromatic N) is 2. The fraction of sp³-hybridized carbons (Fsp3) is 0.417. The van der Waals surface area contributed by atoms with Crippen LogP contribution in [0.25, 0.3) is 0 Å². The van der Waals surface area contributed by atoms with E-state index in [1.54, 1.807) is 12.1 Å². The van der Waals surface area contributed by atoms with Gasteiger partial charge in [0.05, 0.1) is 5.56 Å². The molecular weight excluding hydrogens is 419 g/mol. The number of carbonyl (C=O) groups excluding carboxylic acids is 2. The number of carbonyl (C=O) groups is 2. The van der Waals surface area contributed by atoms with Gasteiger partial charge in [0.25, 0.3) is 5.91 Å². The number of benzene rings is 2. The number of halogens is 3. The first-order valence-electron chi connectivity index (χ1n) is 10.8. The molecule has 2 amide bonds. The molecule has 0 unspecified atom stereocenters. The monoisotopic (exact) mass is 447 g/mol. The van der Waals surface area contributed by atoms with E-state index in [1.807, 2.05) is 30.9 Å². The van der Waals surface area contributed by atoms with Gasteiger partial charge in [-0.05, 0) is 55.3 Å². The van der Waals surface area contributed by atoms with Gasteiger partial charge in [0.1, 0.15) is 0 Å². The predicted octanol–water partition coefficient (Wildman–Crippen LogP) is 5.04. The Morgan fingerprint density at radius 3 is 2.16 bits per heavy atom. The van der Waals surface area contributed by atoms with Crippen LogP contribution in [0.2, 0.25) is 0 Å². The van der Waals surface area contributed by atoms with E-state index in [4.69, 9.17) is 0 Å². The maximum atomic E-state index is 12.9. The molecule has 1 heterocycles. The van der Waals surface area contributed by atoms with Gasteiger partial charge in [-0.1, -0.05) is 19.9 Å². The van der Waals surface area contributed by atoms with E-state index in [0.29, 0.717) is 18.8 Å². The van der Waals surface area contributed by atoms with E-state index >= 15 is 0 Å². The van der Waals surface area contributed by atoms with Crippen LogP contribution in [0.4, 0.5) is 24.5 Å². The summed E-state index contributed by atoms with van der Waals surface area (Å²) in [6, 6.07) is 11.5. The highest BCUT2D eigenvalue weighted by Crippen LogP contribution is 2.30. The van der Waals surface area contributed by atoms with Crippen molar-refractivity contribution in [3.05, 3.63) is 59.7 Å². The van der Waals surface area contributed by atoms with Crippen LogP contribution in [0.1, 0.15) is 42.6 Å². The van der Waals surface area contributed by atoms with Crippen LogP contribution >= 0.6 is 0 Å². The van der Waals surface area contributed by atoms with Gasteiger partial charge in [-0.2, -0.15) is 13.2 Å². The van der Waals surface area contributed by atoms with Crippen molar-refractivity contribution < 1.29 is 22.8 Å². The van der Waals surface area contributed by atoms with Crippen LogP contribution < -0.4 is 10.2 Å². The number of hydrogen-bond donors (Lipinski definition) is 1. The van der Waals surface area contributed by atoms with Gasteiger partial charge in [0.2, 0.25) is 5.91 Å². The summed E-state index contributed by atoms with van der Waals surface area (Å²) in [6.07, 6.45) is -2.80. The normalized spacial score (nSPS) is 14.6. The first kappa shape index (κ1) is 23.6. The molecule has 32 heavy (non-hydrogen) atoms. The lowest BCUT2D eigenvalue weighted by Crippen LogP contribution is -2.50. The molecule has 1 fully saturated rings. The Kier molecular flexibility index (Phi) is 7.43. The van der Waals surface area contributed by atoms with E-state index in [0.717, 1.165) is 43.8 Å². The minimum absolute atomic E-state index is 0.0536. The lowest BCUT2D eigenvalue weighted by atomic mass is 10.0. The molecule has 1 saturated heterocycles. The molecule has 1 aliphatic heterocycles. The molecule has 0 radical (unpaired) electrons. The standard InChI is InChI=1S/C24H28F3N3O2/c1-3-17(4-2)23(32)30-14-12-29(13-15-30)21-10-8-20(9-11-21)28-22(31)18-6-5-7-19(16-18)24(25,26)27/h5-11,16-17H,3-4,12-15H2,1-2H3,(H,28,31). The number of nitrogens with one attached hydrogen (secondary N) is 1. The fourth-order valence-corrected chi connectivity index (χ4v) is 3.88. The molecule has 0 bridgehead atoms. The Hall–Kier alpha value is -3.03. The predicted molar refractivity (Wildman–Crippen MR) is 119 cm³/mol. The summed E-state index contributed by atoms with van der Waals surface area (Å²) in [5, 5.41) is 2.64. The molecule has 5 nitrogen and oxygen atoms in total. The molecule has 0 saturated carbocycles. The Balaban J connectivity index is 1.58. The van der Waals surface area contributed by atoms with Crippen molar-refractivity contribution in [1.29, 1.82) is 0 Å². The van der Waals surface area contributed by atoms with Gasteiger partial charge in [-0.25, -0.2) is 0 Å². The summed E-state index contributed by atoms with van der Waals surface area (Å²) in [5.41, 5.74) is 0.555. The number of amides is 2. The highest BCUT2D eigenvalue weighted by molar-refractivity contribution is 6.04. The van der Waals surface area contributed by atoms with E-state index < -0.39 is 17.6 Å². The molecular formula is C24H28F3N3O2. The van der Waals surface area contributed by atoms with Crippen LogP contribution in [0, 0.1) is 5.92 Å². The number of alkyl halides is 3. The van der Waals surface area contributed by atoms with Crippen LogP contribution in [0.3, 0.4) is 0 Å². The fourth-order valence-electron chi connectivity index (χ4n) is 3.88. The molecule has 1 aliphatic rings. The second kappa shape index (κ2) is 10.1. The molecule has 3 rings (SSSR count). The maximum Gasteiger partial charge on any atom is 0.416 e. The molecule has 0 aromatic heterocycles. The summed E-state index contributed by atoms with van der Waals surface area (Å²) in [7, 11) is 0. The summed E-state index contributed by atoms with van der Waals surface area (Å²) in [5.74, 6) is -0.291. The van der Waals surface area contributed by atoms with Crippen LogP contribution in [0.15, 0.2) is 48.5 Å². The Morgan fingerprint density at radius 2 is 1.59 bits per heavy atom. The van der Waals surface area contributed by atoms with Crippen molar-refractivity contribution in [3.63, 3.8) is 0 Å². The lowest BCUT2D eigenvalue weighted by molar-refractivity contribution is -0.137. The van der Waals surface area contributed by atoms with Gasteiger partial charge in [0, 0.05) is 49.0 Å². The Labute approximate surface area is 186 Å². The molecule has 1 N–H and O–H groups in total. The molecule has 2 aromatic rings. The number of piperazine rings is 1. The first-order valence-corrected chi connectivity index (χ1v) is 10.8. The van der Waals surface area contributed by atoms with E-state index in [-0.39, 0.29) is 17.4 Å². The third-order valence-corrected chi connectivity index (χ3v) is 5.87. The van der Waals surface area contributed by atoms with E-state index in [2.05, 4.69) is 10.2 Å². The quantitative estimate of drug-likeness (QED) is 0.675. The summed E-state index contributed by atoms with van der Waals surface area (Å²) < 4.78 is 38.6. The SMILES string of the molecule is CCC(CC)C(=O)N1CCN(c2ccc(NC(=O)c3cccc(C(F)(F)F)c3)cc2)CC1. The van der Waals surface area contributed by atoms with Crippen molar-refractivity contribution >= 4 is 23.2 Å². The number of rotatable bonds is 6. The second-order valence-electron chi connectivity index (χ2n) is 7.91. The molecule has 8 heteroatoms. The van der Waals surface area contributed by atoms with Gasteiger partial charge < -0.3 is 15.1 Å². The minimum Gasteiger partial charge on any atom is -0.368 e. The Morgan fingerprint density at radius 1 is 0.969 bits per heavy atom. The zero-order chi connectivity index (χ0) is 23.3. The highest BCUT2D eigenvalue weighted by atomic mass is 19.4. The maximum absolute atomic E-state index is 12.9. The largest absolute Gasteiger partial charge is 0.416 e. The van der Waals surface area contributed by atoms with E-state index in [1.165, 1.54) is 12.1 Å². The van der Waals surface area contributed by atoms with Crippen molar-refractivity contribution in [2.75, 3.05) is 36.4 Å². The molecule has 0 spiro atoms. The average Bonchev–Trinajstić information content (AvgIpc) is 2.80. The van der Waals surface area contributed by atoms with Crippen molar-refractivity contribution in [3.8, 4) is 0 Å². The molecule has 0 atom stereocenters. The third kappa shape index (κ3) is 5.60. The van der Waals surface area contributed by atoms with Crippen molar-refractivity contribution in [2.45, 2.75) is 32.9 Å². The number of anilines is 2. The zero-order valence-electron chi connectivity index (χ0n) is 18.3. The molecule has 2 aromatic carbocycles. The van der Waals surface area contributed by atoms with Gasteiger partial charge in [-0.3, -0.25) is 9.59 Å². The zero-order valence-corrected chi connectivity index (χ0v) is 18.3. The third-order valence-electron chi connectivity index (χ3n) is 5.87. The first-order chi connectivity index (χ1) is 15.2. The number of hydrogen-bond acceptors (Lipinski definition) is 3. The van der Waals surface area contributed by atoms with E-state index in [9.17, 15) is 22.8 Å². The second-order valence-corrected chi connectivity index (χ2v) is 7.91. The van der Waals surface area contributed by atoms with Crippen LogP contribution in [-0.2, 0) is 11.0 Å². The van der Waals surface area contributed by atoms with Crippen molar-refractivity contribution in [2.24, 2.45) is 5.92 Å². The molecule has 0 aliphatic carbocycles. The van der Waals surface area contributed by atoms with Crippen molar-refractivity contribution in [1.82, 2.24) is 4.90 Å². The average molecular weight is 448 g/mol. The minimum atomic E-state index is -4.50. The van der Waals surface area contributed by atoms with Crippen LogP contribution in [-0.4, -0.2) is 42.9 Å². The van der Waals surface area contributed by atoms with Crippen LogP contribution in [0.5, 0.6) is 0 Å². The smallest absolute Gasteiger partial charge is 0.368 e. The molecule has 172 valence electrons. The summed E-state index contributed by atoms with van der Waals surface area (Å²) in [4.78, 5) is 29.0. The summed E-state index contributed by atoms with van der Waals surface area (Å²) >= 11 is 0.